The van der Waals surface area contributed by atoms with Gasteiger partial charge in [-0.1, -0.05) is 133 Å². The van der Waals surface area contributed by atoms with Crippen LogP contribution in [0.5, 0.6) is 11.5 Å². The van der Waals surface area contributed by atoms with Crippen LogP contribution >= 0.6 is 0 Å². The highest BCUT2D eigenvalue weighted by Crippen LogP contribution is 2.62. The van der Waals surface area contributed by atoms with E-state index in [1.165, 1.54) is 27.8 Å². The van der Waals surface area contributed by atoms with E-state index in [1.807, 2.05) is 60.7 Å². The molecule has 2 aromatic heterocycles. The molecule has 1 atom stereocenters. The molecule has 3 heterocycles. The number of ether oxygens (including phenoxy) is 1. The zero-order valence-electron chi connectivity index (χ0n) is 32.0. The van der Waals surface area contributed by atoms with Gasteiger partial charge in [-0.15, -0.1) is 0 Å². The molecule has 5 nitrogen and oxygen atoms in total. The van der Waals surface area contributed by atoms with E-state index in [0.717, 1.165) is 67.4 Å². The number of aryl methyl sites for hydroxylation is 2. The standard InChI is InChI=1S/C53H36N4O/c1-33-28-34(2)54-47(29-33)39-19-13-18-37(30-39)38-24-26-42-41-20-9-10-21-43(41)53(45(42)31-38)44-22-11-12-23-48(44)58-49-27-25-40(32-46(49)53)52-56-50(35-14-5-3-6-15-35)55-51(57-52)36-16-7-4-8-17-36/h3-32H,1-2H3. The molecule has 0 saturated carbocycles. The Bertz CT molecular complexity index is 2990. The third-order valence-electron chi connectivity index (χ3n) is 11.5. The number of nitrogens with zero attached hydrogens (tertiary/aromatic N) is 4. The smallest absolute Gasteiger partial charge is 0.164 e. The quantitative estimate of drug-likeness (QED) is 0.176. The van der Waals surface area contributed by atoms with Crippen molar-refractivity contribution in [3.8, 4) is 79.2 Å². The Balaban J connectivity index is 1.14. The van der Waals surface area contributed by atoms with Crippen molar-refractivity contribution in [3.63, 3.8) is 0 Å². The maximum Gasteiger partial charge on any atom is 0.164 e. The van der Waals surface area contributed by atoms with Crippen molar-refractivity contribution in [2.24, 2.45) is 0 Å². The minimum Gasteiger partial charge on any atom is -0.457 e. The highest BCUT2D eigenvalue weighted by Gasteiger charge is 2.51. The van der Waals surface area contributed by atoms with Crippen molar-refractivity contribution in [1.29, 1.82) is 0 Å². The van der Waals surface area contributed by atoms with Crippen LogP contribution in [0.15, 0.2) is 182 Å². The summed E-state index contributed by atoms with van der Waals surface area (Å²) in [5.41, 5.74) is 15.6. The first-order valence-electron chi connectivity index (χ1n) is 19.6. The molecule has 0 saturated heterocycles. The van der Waals surface area contributed by atoms with Gasteiger partial charge >= 0.3 is 0 Å². The van der Waals surface area contributed by atoms with Crippen molar-refractivity contribution in [2.75, 3.05) is 0 Å². The number of hydrogen-bond acceptors (Lipinski definition) is 5. The fourth-order valence-corrected chi connectivity index (χ4v) is 9.00. The monoisotopic (exact) mass is 744 g/mol. The molecule has 9 aromatic rings. The van der Waals surface area contributed by atoms with Gasteiger partial charge in [-0.05, 0) is 101 Å². The zero-order valence-corrected chi connectivity index (χ0v) is 32.0. The number of benzene rings is 7. The number of pyridine rings is 1. The molecule has 2 aliphatic rings. The Morgan fingerprint density at radius 1 is 0.362 bits per heavy atom. The lowest BCUT2D eigenvalue weighted by Gasteiger charge is -2.39. The molecule has 11 rings (SSSR count). The second-order valence-corrected chi connectivity index (χ2v) is 15.2. The average Bonchev–Trinajstić information content (AvgIpc) is 3.56. The van der Waals surface area contributed by atoms with E-state index in [2.05, 4.69) is 135 Å². The highest BCUT2D eigenvalue weighted by atomic mass is 16.5. The van der Waals surface area contributed by atoms with Crippen LogP contribution in [0.2, 0.25) is 0 Å². The second kappa shape index (κ2) is 13.3. The molecule has 58 heavy (non-hydrogen) atoms. The van der Waals surface area contributed by atoms with Gasteiger partial charge in [-0.2, -0.15) is 0 Å². The Kier molecular flexibility index (Phi) is 7.76. The lowest BCUT2D eigenvalue weighted by molar-refractivity contribution is 0.436. The zero-order chi connectivity index (χ0) is 38.8. The molecule has 1 unspecified atom stereocenters. The fraction of sp³-hybridized carbons (Fsp3) is 0.0566. The van der Waals surface area contributed by atoms with Gasteiger partial charge in [0, 0.05) is 39.1 Å². The van der Waals surface area contributed by atoms with Crippen molar-refractivity contribution in [1.82, 2.24) is 19.9 Å². The number of para-hydroxylation sites is 1. The van der Waals surface area contributed by atoms with E-state index < -0.39 is 5.41 Å². The normalized spacial score (nSPS) is 14.6. The van der Waals surface area contributed by atoms with E-state index >= 15 is 0 Å². The van der Waals surface area contributed by atoms with Gasteiger partial charge in [0.15, 0.2) is 17.5 Å². The molecular weight excluding hydrogens is 709 g/mol. The first-order valence-corrected chi connectivity index (χ1v) is 19.6. The maximum atomic E-state index is 6.81. The summed E-state index contributed by atoms with van der Waals surface area (Å²) >= 11 is 0. The molecule has 1 aliphatic heterocycles. The summed E-state index contributed by atoms with van der Waals surface area (Å²) in [5, 5.41) is 0. The third-order valence-corrected chi connectivity index (χ3v) is 11.5. The van der Waals surface area contributed by atoms with Gasteiger partial charge in [0.25, 0.3) is 0 Å². The highest BCUT2D eigenvalue weighted by molar-refractivity contribution is 5.91. The van der Waals surface area contributed by atoms with Crippen molar-refractivity contribution >= 4 is 0 Å². The molecule has 5 heteroatoms. The minimum atomic E-state index is -0.688. The van der Waals surface area contributed by atoms with Crippen LogP contribution in [-0.4, -0.2) is 19.9 Å². The molecule has 0 radical (unpaired) electrons. The van der Waals surface area contributed by atoms with Crippen LogP contribution in [0, 0.1) is 13.8 Å². The molecule has 0 N–H and O–H groups in total. The lowest BCUT2D eigenvalue weighted by atomic mass is 9.65. The molecule has 274 valence electrons. The lowest BCUT2D eigenvalue weighted by Crippen LogP contribution is -2.32. The van der Waals surface area contributed by atoms with E-state index in [9.17, 15) is 0 Å². The molecule has 1 spiro atoms. The third kappa shape index (κ3) is 5.39. The van der Waals surface area contributed by atoms with Crippen molar-refractivity contribution < 1.29 is 4.74 Å². The summed E-state index contributed by atoms with van der Waals surface area (Å²) in [6.07, 6.45) is 0. The Morgan fingerprint density at radius 3 is 1.66 bits per heavy atom. The van der Waals surface area contributed by atoms with Crippen LogP contribution in [0.1, 0.15) is 33.5 Å². The topological polar surface area (TPSA) is 60.8 Å². The van der Waals surface area contributed by atoms with E-state index in [-0.39, 0.29) is 0 Å². The number of aromatic nitrogens is 4. The minimum absolute atomic E-state index is 0.599. The summed E-state index contributed by atoms with van der Waals surface area (Å²) in [5.74, 6) is 3.49. The van der Waals surface area contributed by atoms with E-state index in [1.54, 1.807) is 0 Å². The van der Waals surface area contributed by atoms with E-state index in [4.69, 9.17) is 24.7 Å². The first-order chi connectivity index (χ1) is 28.5. The SMILES string of the molecule is Cc1cc(C)nc(-c2cccc(-c3ccc4c(c3)C3(c5ccccc5Oc5ccc(-c6nc(-c7ccccc7)nc(-c7ccccc7)n6)cc53)c3ccccc3-4)c2)c1. The van der Waals surface area contributed by atoms with Crippen LogP contribution in [-0.2, 0) is 5.41 Å². The molecule has 0 amide bonds. The Hall–Kier alpha value is -7.50. The molecule has 7 aromatic carbocycles. The summed E-state index contributed by atoms with van der Waals surface area (Å²) in [6.45, 7) is 4.18. The summed E-state index contributed by atoms with van der Waals surface area (Å²) < 4.78 is 6.81. The van der Waals surface area contributed by atoms with Crippen LogP contribution < -0.4 is 4.74 Å². The predicted octanol–water partition coefficient (Wildman–Crippen LogP) is 12.7. The second-order valence-electron chi connectivity index (χ2n) is 15.2. The van der Waals surface area contributed by atoms with Gasteiger partial charge in [0.05, 0.1) is 11.1 Å². The average molecular weight is 745 g/mol. The molecular formula is C53H36N4O. The molecule has 0 fully saturated rings. The largest absolute Gasteiger partial charge is 0.457 e. The fourth-order valence-electron chi connectivity index (χ4n) is 9.00. The van der Waals surface area contributed by atoms with Gasteiger partial charge in [-0.3, -0.25) is 4.98 Å². The van der Waals surface area contributed by atoms with Crippen molar-refractivity contribution in [2.45, 2.75) is 19.3 Å². The van der Waals surface area contributed by atoms with Gasteiger partial charge < -0.3 is 4.74 Å². The van der Waals surface area contributed by atoms with Crippen molar-refractivity contribution in [3.05, 3.63) is 216 Å². The molecule has 1 aliphatic carbocycles. The van der Waals surface area contributed by atoms with Gasteiger partial charge in [0.1, 0.15) is 11.5 Å². The predicted molar refractivity (Wildman–Crippen MR) is 232 cm³/mol. The number of hydrogen-bond donors (Lipinski definition) is 0. The summed E-state index contributed by atoms with van der Waals surface area (Å²) in [7, 11) is 0. The Morgan fingerprint density at radius 2 is 0.914 bits per heavy atom. The summed E-state index contributed by atoms with van der Waals surface area (Å²) in [6, 6.07) is 63.9. The van der Waals surface area contributed by atoms with Crippen LogP contribution in [0.3, 0.4) is 0 Å². The van der Waals surface area contributed by atoms with Crippen LogP contribution in [0.4, 0.5) is 0 Å². The summed E-state index contributed by atoms with van der Waals surface area (Å²) in [4.78, 5) is 20.1. The van der Waals surface area contributed by atoms with E-state index in [0.29, 0.717) is 17.5 Å². The van der Waals surface area contributed by atoms with Gasteiger partial charge in [-0.25, -0.2) is 15.0 Å². The van der Waals surface area contributed by atoms with Crippen LogP contribution in [0.25, 0.3) is 67.7 Å². The number of rotatable bonds is 5. The Labute approximate surface area is 337 Å². The maximum absolute atomic E-state index is 6.81. The first kappa shape index (κ1) is 33.8. The number of fused-ring (bicyclic) bond motifs is 9. The van der Waals surface area contributed by atoms with Gasteiger partial charge in [0.2, 0.25) is 0 Å². The molecule has 0 bridgehead atoms.